The maximum Gasteiger partial charge on any atom is 0.127 e. The molecule has 4 heteroatoms. The molecule has 2 rings (SSSR count). The van der Waals surface area contributed by atoms with Crippen LogP contribution >= 0.6 is 15.9 Å². The van der Waals surface area contributed by atoms with Crippen LogP contribution in [0.25, 0.3) is 0 Å². The summed E-state index contributed by atoms with van der Waals surface area (Å²) in [5.74, 6) is -0.116. The van der Waals surface area contributed by atoms with Gasteiger partial charge in [0.1, 0.15) is 5.82 Å². The monoisotopic (exact) mass is 314 g/mol. The summed E-state index contributed by atoms with van der Waals surface area (Å²) >= 11 is 3.41. The van der Waals surface area contributed by atoms with E-state index >= 15 is 0 Å². The van der Waals surface area contributed by atoms with Crippen molar-refractivity contribution in [1.82, 2.24) is 10.2 Å². The van der Waals surface area contributed by atoms with Gasteiger partial charge < -0.3 is 5.32 Å². The van der Waals surface area contributed by atoms with Crippen LogP contribution in [0.2, 0.25) is 0 Å². The maximum absolute atomic E-state index is 13.8. The van der Waals surface area contributed by atoms with Gasteiger partial charge in [-0.15, -0.1) is 0 Å². The van der Waals surface area contributed by atoms with E-state index in [1.807, 2.05) is 6.07 Å². The molecule has 1 N–H and O–H groups in total. The number of hydrogen-bond donors (Lipinski definition) is 1. The van der Waals surface area contributed by atoms with E-state index in [2.05, 4.69) is 40.0 Å². The van der Waals surface area contributed by atoms with Crippen LogP contribution in [0.5, 0.6) is 0 Å². The second-order valence-corrected chi connectivity index (χ2v) is 6.10. The zero-order chi connectivity index (χ0) is 13.2. The first kappa shape index (κ1) is 14.0. The van der Waals surface area contributed by atoms with Crippen LogP contribution < -0.4 is 5.32 Å². The smallest absolute Gasteiger partial charge is 0.127 e. The number of hydrogen-bond acceptors (Lipinski definition) is 2. The number of halogens is 2. The van der Waals surface area contributed by atoms with Crippen molar-refractivity contribution in [2.75, 3.05) is 19.6 Å². The molecule has 2 nitrogen and oxygen atoms in total. The molecule has 0 bridgehead atoms. The predicted octanol–water partition coefficient (Wildman–Crippen LogP) is 3.16. The highest BCUT2D eigenvalue weighted by molar-refractivity contribution is 9.10. The van der Waals surface area contributed by atoms with Gasteiger partial charge in [0.15, 0.2) is 0 Å². The molecule has 0 radical (unpaired) electrons. The Bertz CT molecular complexity index is 424. The molecule has 1 atom stereocenters. The molecule has 0 spiro atoms. The summed E-state index contributed by atoms with van der Waals surface area (Å²) in [4.78, 5) is 2.38. The zero-order valence-corrected chi connectivity index (χ0v) is 12.6. The molecule has 1 fully saturated rings. The molecule has 0 aliphatic carbocycles. The average Bonchev–Trinajstić information content (AvgIpc) is 2.36. The van der Waals surface area contributed by atoms with Crippen molar-refractivity contribution in [3.63, 3.8) is 0 Å². The zero-order valence-electron chi connectivity index (χ0n) is 11.0. The lowest BCUT2D eigenvalue weighted by Crippen LogP contribution is -2.58. The van der Waals surface area contributed by atoms with Gasteiger partial charge in [-0.2, -0.15) is 0 Å². The minimum atomic E-state index is -0.116. The summed E-state index contributed by atoms with van der Waals surface area (Å²) in [5.41, 5.74) is 0.887. The highest BCUT2D eigenvalue weighted by Gasteiger charge is 2.32. The molecular formula is C14H20BrFN2. The molecular weight excluding hydrogens is 295 g/mol. The van der Waals surface area contributed by atoms with Gasteiger partial charge in [-0.25, -0.2) is 4.39 Å². The van der Waals surface area contributed by atoms with Gasteiger partial charge in [0, 0.05) is 41.8 Å². The third-order valence-electron chi connectivity index (χ3n) is 3.96. The predicted molar refractivity (Wildman–Crippen MR) is 76.1 cm³/mol. The van der Waals surface area contributed by atoms with Crippen molar-refractivity contribution in [3.05, 3.63) is 34.1 Å². The quantitative estimate of drug-likeness (QED) is 0.922. The van der Waals surface area contributed by atoms with Gasteiger partial charge in [0.05, 0.1) is 0 Å². The Labute approximate surface area is 117 Å². The molecule has 0 saturated carbocycles. The second kappa shape index (κ2) is 5.68. The van der Waals surface area contributed by atoms with Gasteiger partial charge in [-0.05, 0) is 31.5 Å². The first-order chi connectivity index (χ1) is 8.55. The highest BCUT2D eigenvalue weighted by Crippen LogP contribution is 2.25. The van der Waals surface area contributed by atoms with Crippen molar-refractivity contribution >= 4 is 15.9 Å². The van der Waals surface area contributed by atoms with Gasteiger partial charge in [-0.1, -0.05) is 22.9 Å². The third-order valence-corrected chi connectivity index (χ3v) is 4.45. The minimum absolute atomic E-state index is 0.116. The number of benzene rings is 1. The Morgan fingerprint density at radius 1 is 1.50 bits per heavy atom. The second-order valence-electron chi connectivity index (χ2n) is 5.18. The average molecular weight is 315 g/mol. The van der Waals surface area contributed by atoms with E-state index in [4.69, 9.17) is 0 Å². The molecule has 1 aromatic rings. The minimum Gasteiger partial charge on any atom is -0.314 e. The van der Waals surface area contributed by atoms with Crippen LogP contribution in [0.1, 0.15) is 25.8 Å². The number of nitrogens with one attached hydrogen (secondary N) is 1. The SMILES string of the molecule is CCC1(C)CNCCN1Cc1cc(Br)ccc1F. The Morgan fingerprint density at radius 2 is 2.28 bits per heavy atom. The fourth-order valence-corrected chi connectivity index (χ4v) is 2.85. The van der Waals surface area contributed by atoms with Crippen molar-refractivity contribution in [2.24, 2.45) is 0 Å². The molecule has 0 aromatic heterocycles. The number of piperazine rings is 1. The van der Waals surface area contributed by atoms with E-state index in [-0.39, 0.29) is 11.4 Å². The lowest BCUT2D eigenvalue weighted by Gasteiger charge is -2.45. The van der Waals surface area contributed by atoms with E-state index < -0.39 is 0 Å². The van der Waals surface area contributed by atoms with Crippen LogP contribution in [-0.2, 0) is 6.54 Å². The van der Waals surface area contributed by atoms with Crippen molar-refractivity contribution in [2.45, 2.75) is 32.4 Å². The van der Waals surface area contributed by atoms with Crippen LogP contribution in [0.3, 0.4) is 0 Å². The fourth-order valence-electron chi connectivity index (χ4n) is 2.44. The van der Waals surface area contributed by atoms with Crippen LogP contribution in [0.4, 0.5) is 4.39 Å². The van der Waals surface area contributed by atoms with Gasteiger partial charge in [0.25, 0.3) is 0 Å². The van der Waals surface area contributed by atoms with Crippen molar-refractivity contribution in [1.29, 1.82) is 0 Å². The molecule has 1 aliphatic heterocycles. The maximum atomic E-state index is 13.8. The topological polar surface area (TPSA) is 15.3 Å². The first-order valence-electron chi connectivity index (χ1n) is 6.45. The van der Waals surface area contributed by atoms with Gasteiger partial charge >= 0.3 is 0 Å². The van der Waals surface area contributed by atoms with E-state index in [0.29, 0.717) is 6.54 Å². The summed E-state index contributed by atoms with van der Waals surface area (Å²) in [7, 11) is 0. The number of nitrogens with zero attached hydrogens (tertiary/aromatic N) is 1. The standard InChI is InChI=1S/C14H20BrFN2/c1-3-14(2)10-17-6-7-18(14)9-11-8-12(15)4-5-13(11)16/h4-5,8,17H,3,6-7,9-10H2,1-2H3. The lowest BCUT2D eigenvalue weighted by molar-refractivity contribution is 0.0627. The van der Waals surface area contributed by atoms with Crippen molar-refractivity contribution in [3.8, 4) is 0 Å². The first-order valence-corrected chi connectivity index (χ1v) is 7.24. The van der Waals surface area contributed by atoms with Crippen molar-refractivity contribution < 1.29 is 4.39 Å². The summed E-state index contributed by atoms with van der Waals surface area (Å²) in [6, 6.07) is 5.16. The normalized spacial score (nSPS) is 25.3. The van der Waals surface area contributed by atoms with Crippen LogP contribution in [0.15, 0.2) is 22.7 Å². The van der Waals surface area contributed by atoms with E-state index in [9.17, 15) is 4.39 Å². The Morgan fingerprint density at radius 3 is 3.00 bits per heavy atom. The molecule has 1 unspecified atom stereocenters. The lowest BCUT2D eigenvalue weighted by atomic mass is 9.93. The van der Waals surface area contributed by atoms with Crippen LogP contribution in [-0.4, -0.2) is 30.1 Å². The van der Waals surface area contributed by atoms with E-state index in [1.165, 1.54) is 6.07 Å². The van der Waals surface area contributed by atoms with E-state index in [0.717, 1.165) is 36.1 Å². The Balaban J connectivity index is 2.18. The molecule has 18 heavy (non-hydrogen) atoms. The summed E-state index contributed by atoms with van der Waals surface area (Å²) in [5, 5.41) is 3.42. The molecule has 1 aliphatic rings. The summed E-state index contributed by atoms with van der Waals surface area (Å²) < 4.78 is 14.8. The summed E-state index contributed by atoms with van der Waals surface area (Å²) in [6.07, 6.45) is 1.07. The van der Waals surface area contributed by atoms with Crippen LogP contribution in [0, 0.1) is 5.82 Å². The third kappa shape index (κ3) is 2.92. The largest absolute Gasteiger partial charge is 0.314 e. The fraction of sp³-hybridized carbons (Fsp3) is 0.571. The molecule has 1 heterocycles. The molecule has 1 saturated heterocycles. The molecule has 100 valence electrons. The molecule has 1 aromatic carbocycles. The highest BCUT2D eigenvalue weighted by atomic mass is 79.9. The van der Waals surface area contributed by atoms with Gasteiger partial charge in [0.2, 0.25) is 0 Å². The molecule has 0 amide bonds. The van der Waals surface area contributed by atoms with Gasteiger partial charge in [-0.3, -0.25) is 4.90 Å². The number of rotatable bonds is 3. The van der Waals surface area contributed by atoms with E-state index in [1.54, 1.807) is 6.07 Å². The Kier molecular flexibility index (Phi) is 4.41. The Hall–Kier alpha value is -0.450. The summed E-state index contributed by atoms with van der Waals surface area (Å²) in [6.45, 7) is 8.03.